The van der Waals surface area contributed by atoms with Crippen molar-refractivity contribution in [3.63, 3.8) is 0 Å². The fourth-order valence-electron chi connectivity index (χ4n) is 4.14. The molecule has 0 unspecified atom stereocenters. The van der Waals surface area contributed by atoms with Crippen molar-refractivity contribution >= 4 is 23.2 Å². The maximum absolute atomic E-state index is 12.8. The Bertz CT molecular complexity index is 663. The van der Waals surface area contributed by atoms with E-state index in [1.54, 1.807) is 0 Å². The van der Waals surface area contributed by atoms with Crippen molar-refractivity contribution in [2.75, 3.05) is 36.4 Å². The van der Waals surface area contributed by atoms with Crippen LogP contribution in [0.25, 0.3) is 0 Å². The molecule has 2 amide bonds. The Balaban J connectivity index is 1.42. The molecular weight excluding hydrogens is 326 g/mol. The lowest BCUT2D eigenvalue weighted by molar-refractivity contribution is -0.128. The molecule has 140 valence electrons. The van der Waals surface area contributed by atoms with Gasteiger partial charge in [0.15, 0.2) is 0 Å². The van der Waals surface area contributed by atoms with Gasteiger partial charge in [0.25, 0.3) is 0 Å². The van der Waals surface area contributed by atoms with Gasteiger partial charge < -0.3 is 15.1 Å². The van der Waals surface area contributed by atoms with Gasteiger partial charge in [0.2, 0.25) is 11.8 Å². The highest BCUT2D eigenvalue weighted by Gasteiger charge is 2.37. The number of benzene rings is 1. The molecule has 3 aliphatic rings. The minimum Gasteiger partial charge on any atom is -0.370 e. The number of anilines is 2. The topological polar surface area (TPSA) is 52.7 Å². The summed E-state index contributed by atoms with van der Waals surface area (Å²) in [7, 11) is 0. The van der Waals surface area contributed by atoms with Crippen LogP contribution in [0.1, 0.15) is 44.9 Å². The number of carbonyl (C=O) groups is 2. The van der Waals surface area contributed by atoms with Gasteiger partial charge >= 0.3 is 0 Å². The van der Waals surface area contributed by atoms with Crippen molar-refractivity contribution in [1.29, 1.82) is 0 Å². The van der Waals surface area contributed by atoms with Gasteiger partial charge in [0.1, 0.15) is 0 Å². The molecule has 1 aromatic rings. The highest BCUT2D eigenvalue weighted by Crippen LogP contribution is 2.33. The Morgan fingerprint density at radius 2 is 1.81 bits per heavy atom. The van der Waals surface area contributed by atoms with E-state index in [-0.39, 0.29) is 17.7 Å². The van der Waals surface area contributed by atoms with Crippen molar-refractivity contribution in [3.05, 3.63) is 24.3 Å². The second-order valence-corrected chi connectivity index (χ2v) is 8.05. The fourth-order valence-corrected chi connectivity index (χ4v) is 4.14. The van der Waals surface area contributed by atoms with E-state index >= 15 is 0 Å². The first kappa shape index (κ1) is 17.4. The van der Waals surface area contributed by atoms with Crippen molar-refractivity contribution in [3.8, 4) is 0 Å². The van der Waals surface area contributed by atoms with Crippen molar-refractivity contribution in [1.82, 2.24) is 4.90 Å². The van der Waals surface area contributed by atoms with Crippen LogP contribution in [-0.2, 0) is 9.59 Å². The first-order valence-electron chi connectivity index (χ1n) is 10.1. The molecule has 2 aliphatic heterocycles. The number of likely N-dealkylation sites (tertiary alicyclic amines) is 1. The SMILES string of the molecule is O=C(Nc1ccccc1N1CCCCCC1)[C@@H]1CC(=O)N(CC2CC2)C1. The van der Waals surface area contributed by atoms with Gasteiger partial charge in [-0.3, -0.25) is 9.59 Å². The predicted octanol–water partition coefficient (Wildman–Crippen LogP) is 3.26. The smallest absolute Gasteiger partial charge is 0.229 e. The van der Waals surface area contributed by atoms with E-state index in [4.69, 9.17) is 0 Å². The van der Waals surface area contributed by atoms with Crippen LogP contribution >= 0.6 is 0 Å². The summed E-state index contributed by atoms with van der Waals surface area (Å²) >= 11 is 0. The average Bonchev–Trinajstić information content (AvgIpc) is 3.42. The average molecular weight is 355 g/mol. The zero-order valence-electron chi connectivity index (χ0n) is 15.5. The number of nitrogens with one attached hydrogen (secondary N) is 1. The van der Waals surface area contributed by atoms with Gasteiger partial charge in [0, 0.05) is 32.6 Å². The Kier molecular flexibility index (Phi) is 5.14. The third-order valence-electron chi connectivity index (χ3n) is 5.87. The molecule has 0 aromatic heterocycles. The molecule has 1 aromatic carbocycles. The number of amides is 2. The predicted molar refractivity (Wildman–Crippen MR) is 103 cm³/mol. The van der Waals surface area contributed by atoms with Gasteiger partial charge in [-0.2, -0.15) is 0 Å². The number of nitrogens with zero attached hydrogens (tertiary/aromatic N) is 2. The molecule has 2 heterocycles. The summed E-state index contributed by atoms with van der Waals surface area (Å²) < 4.78 is 0. The van der Waals surface area contributed by atoms with E-state index in [1.165, 1.54) is 38.5 Å². The maximum atomic E-state index is 12.8. The van der Waals surface area contributed by atoms with Crippen LogP contribution < -0.4 is 10.2 Å². The molecule has 1 atom stereocenters. The summed E-state index contributed by atoms with van der Waals surface area (Å²) in [6, 6.07) is 8.08. The highest BCUT2D eigenvalue weighted by atomic mass is 16.2. The summed E-state index contributed by atoms with van der Waals surface area (Å²) in [6.45, 7) is 3.51. The van der Waals surface area contributed by atoms with E-state index in [9.17, 15) is 9.59 Å². The van der Waals surface area contributed by atoms with Crippen LogP contribution in [0.5, 0.6) is 0 Å². The Hall–Kier alpha value is -2.04. The Morgan fingerprint density at radius 3 is 2.54 bits per heavy atom. The molecule has 2 saturated heterocycles. The quantitative estimate of drug-likeness (QED) is 0.882. The highest BCUT2D eigenvalue weighted by molar-refractivity contribution is 5.99. The first-order valence-corrected chi connectivity index (χ1v) is 10.1. The molecule has 5 nitrogen and oxygen atoms in total. The third-order valence-corrected chi connectivity index (χ3v) is 5.87. The zero-order valence-corrected chi connectivity index (χ0v) is 15.5. The number of hydrogen-bond acceptors (Lipinski definition) is 3. The summed E-state index contributed by atoms with van der Waals surface area (Å²) in [6.07, 6.45) is 7.78. The van der Waals surface area contributed by atoms with Gasteiger partial charge in [-0.25, -0.2) is 0 Å². The van der Waals surface area contributed by atoms with Gasteiger partial charge in [-0.1, -0.05) is 25.0 Å². The first-order chi connectivity index (χ1) is 12.7. The van der Waals surface area contributed by atoms with Crippen LogP contribution in [0.4, 0.5) is 11.4 Å². The third kappa shape index (κ3) is 4.02. The summed E-state index contributed by atoms with van der Waals surface area (Å²) in [5, 5.41) is 3.12. The van der Waals surface area contributed by atoms with Crippen molar-refractivity contribution < 1.29 is 9.59 Å². The standard InChI is InChI=1S/C21H29N3O2/c25-20-13-17(15-24(20)14-16-9-10-16)21(26)22-18-7-3-4-8-19(18)23-11-5-1-2-6-12-23/h3-4,7-8,16-17H,1-2,5-6,9-15H2,(H,22,26)/t17-/m1/s1. The fraction of sp³-hybridized carbons (Fsp3) is 0.619. The summed E-state index contributed by atoms with van der Waals surface area (Å²) in [5.41, 5.74) is 1.99. The normalized spacial score (nSPS) is 23.8. The zero-order chi connectivity index (χ0) is 17.9. The lowest BCUT2D eigenvalue weighted by Crippen LogP contribution is -2.30. The van der Waals surface area contributed by atoms with Crippen LogP contribution in [0.2, 0.25) is 0 Å². The van der Waals surface area contributed by atoms with Crippen molar-refractivity contribution in [2.24, 2.45) is 11.8 Å². The molecule has 0 radical (unpaired) electrons. The molecule has 5 heteroatoms. The van der Waals surface area contributed by atoms with Crippen LogP contribution in [-0.4, -0.2) is 42.9 Å². The molecule has 0 bridgehead atoms. The molecule has 0 spiro atoms. The molecule has 1 N–H and O–H groups in total. The lowest BCUT2D eigenvalue weighted by atomic mass is 10.1. The van der Waals surface area contributed by atoms with Crippen LogP contribution in [0.15, 0.2) is 24.3 Å². The molecule has 1 saturated carbocycles. The second kappa shape index (κ2) is 7.68. The monoisotopic (exact) mass is 355 g/mol. The van der Waals surface area contributed by atoms with Crippen LogP contribution in [0, 0.1) is 11.8 Å². The molecular formula is C21H29N3O2. The van der Waals surface area contributed by atoms with Gasteiger partial charge in [-0.15, -0.1) is 0 Å². The van der Waals surface area contributed by atoms with E-state index in [2.05, 4.69) is 16.3 Å². The van der Waals surface area contributed by atoms with Crippen molar-refractivity contribution in [2.45, 2.75) is 44.9 Å². The summed E-state index contributed by atoms with van der Waals surface area (Å²) in [4.78, 5) is 29.3. The minimum absolute atomic E-state index is 0.0149. The maximum Gasteiger partial charge on any atom is 0.229 e. The molecule has 26 heavy (non-hydrogen) atoms. The molecule has 4 rings (SSSR count). The number of para-hydroxylation sites is 2. The van der Waals surface area contributed by atoms with E-state index in [0.717, 1.165) is 31.0 Å². The minimum atomic E-state index is -0.224. The Labute approximate surface area is 155 Å². The Morgan fingerprint density at radius 1 is 1.08 bits per heavy atom. The molecule has 3 fully saturated rings. The number of hydrogen-bond donors (Lipinski definition) is 1. The lowest BCUT2D eigenvalue weighted by Gasteiger charge is -2.26. The van der Waals surface area contributed by atoms with E-state index in [1.807, 2.05) is 23.1 Å². The second-order valence-electron chi connectivity index (χ2n) is 8.05. The molecule has 1 aliphatic carbocycles. The van der Waals surface area contributed by atoms with E-state index < -0.39 is 0 Å². The van der Waals surface area contributed by atoms with Gasteiger partial charge in [-0.05, 0) is 43.7 Å². The van der Waals surface area contributed by atoms with Crippen LogP contribution in [0.3, 0.4) is 0 Å². The van der Waals surface area contributed by atoms with Gasteiger partial charge in [0.05, 0.1) is 17.3 Å². The largest absolute Gasteiger partial charge is 0.370 e. The summed E-state index contributed by atoms with van der Waals surface area (Å²) in [5.74, 6) is 0.569. The number of carbonyl (C=O) groups excluding carboxylic acids is 2. The number of rotatable bonds is 5. The van der Waals surface area contributed by atoms with E-state index in [0.29, 0.717) is 18.9 Å².